The van der Waals surface area contributed by atoms with Crippen molar-refractivity contribution >= 4 is 33.6 Å². The third kappa shape index (κ3) is 4.70. The lowest BCUT2D eigenvalue weighted by molar-refractivity contribution is -0.122. The maximum absolute atomic E-state index is 13.0. The lowest BCUT2D eigenvalue weighted by Gasteiger charge is -2.15. The average molecular weight is 489 g/mol. The van der Waals surface area contributed by atoms with Crippen LogP contribution in [0.2, 0.25) is 0 Å². The number of nitrogens with zero attached hydrogens (tertiary/aromatic N) is 1. The van der Waals surface area contributed by atoms with E-state index in [-0.39, 0.29) is 17.7 Å². The molecule has 1 atom stereocenters. The molecule has 0 unspecified atom stereocenters. The van der Waals surface area contributed by atoms with Gasteiger partial charge in [-0.25, -0.2) is 0 Å². The fourth-order valence-corrected chi connectivity index (χ4v) is 4.59. The van der Waals surface area contributed by atoms with E-state index in [0.717, 1.165) is 23.8 Å². The number of H-pyrrole nitrogens is 1. The van der Waals surface area contributed by atoms with Gasteiger partial charge in [-0.2, -0.15) is 0 Å². The normalized spacial score (nSPS) is 16.0. The highest BCUT2D eigenvalue weighted by molar-refractivity contribution is 6.09. The van der Waals surface area contributed by atoms with E-state index >= 15 is 0 Å². The molecule has 2 aromatic heterocycles. The van der Waals surface area contributed by atoms with Gasteiger partial charge in [0.25, 0.3) is 5.91 Å². The zero-order valence-electron chi connectivity index (χ0n) is 20.0. The van der Waals surface area contributed by atoms with Crippen LogP contribution >= 0.6 is 0 Å². The Labute approximate surface area is 207 Å². The van der Waals surface area contributed by atoms with E-state index < -0.39 is 6.04 Å². The molecule has 1 aliphatic rings. The van der Waals surface area contributed by atoms with Crippen LogP contribution in [-0.2, 0) is 9.53 Å². The van der Waals surface area contributed by atoms with E-state index in [9.17, 15) is 14.7 Å². The van der Waals surface area contributed by atoms with Crippen molar-refractivity contribution < 1.29 is 24.2 Å². The molecular formula is C27H28N4O5. The Morgan fingerprint density at radius 2 is 2.03 bits per heavy atom. The summed E-state index contributed by atoms with van der Waals surface area (Å²) in [5.74, 6) is 0.186. The first-order valence-electron chi connectivity index (χ1n) is 12.0. The lowest BCUT2D eigenvalue weighted by atomic mass is 9.99. The Bertz CT molecular complexity index is 1430. The Kier molecular flexibility index (Phi) is 6.73. The van der Waals surface area contributed by atoms with Gasteiger partial charge in [-0.15, -0.1) is 0 Å². The van der Waals surface area contributed by atoms with Crippen LogP contribution < -0.4 is 15.4 Å². The Morgan fingerprint density at radius 1 is 1.14 bits per heavy atom. The molecule has 3 heterocycles. The first-order valence-corrected chi connectivity index (χ1v) is 12.0. The standard InChI is InChI=1S/C27H28N4O5/c1-35-12-13-36-17-6-7-18-19(9-11-28-23(18)15-17)24-20-14-16(5-8-21(20)30-27(24)34)25(32)31-22-4-2-3-10-29-26(22)33/h5-9,11,14-15,22,30,34H,2-4,10,12-13H2,1H3,(H,29,33)(H,31,32)/t22-/m0/s1. The topological polar surface area (TPSA) is 126 Å². The minimum absolute atomic E-state index is 0.00127. The number of ether oxygens (including phenoxy) is 2. The summed E-state index contributed by atoms with van der Waals surface area (Å²) >= 11 is 0. The predicted molar refractivity (Wildman–Crippen MR) is 136 cm³/mol. The molecule has 9 nitrogen and oxygen atoms in total. The van der Waals surface area contributed by atoms with Crippen molar-refractivity contribution in [2.24, 2.45) is 0 Å². The van der Waals surface area contributed by atoms with Gasteiger partial charge in [0.15, 0.2) is 5.88 Å². The highest BCUT2D eigenvalue weighted by Crippen LogP contribution is 2.40. The molecule has 1 aliphatic heterocycles. The number of benzene rings is 2. The Morgan fingerprint density at radius 3 is 2.89 bits per heavy atom. The van der Waals surface area contributed by atoms with E-state index in [1.165, 1.54) is 0 Å². The fraction of sp³-hybridized carbons (Fsp3) is 0.296. The van der Waals surface area contributed by atoms with Gasteiger partial charge in [0.05, 0.1) is 17.7 Å². The van der Waals surface area contributed by atoms with Crippen LogP contribution in [0.1, 0.15) is 29.6 Å². The van der Waals surface area contributed by atoms with Gasteiger partial charge in [0.1, 0.15) is 18.4 Å². The predicted octanol–water partition coefficient (Wildman–Crippen LogP) is 3.51. The third-order valence-electron chi connectivity index (χ3n) is 6.42. The Balaban J connectivity index is 1.49. The molecular weight excluding hydrogens is 460 g/mol. The number of methoxy groups -OCH3 is 1. The second kappa shape index (κ2) is 10.2. The molecule has 5 rings (SSSR count). The second-order valence-electron chi connectivity index (χ2n) is 8.80. The SMILES string of the molecule is COCCOc1ccc2c(-c3c(O)[nH]c4ccc(C(=O)N[C@H]5CCCCNC5=O)cc34)ccnc2c1. The maximum Gasteiger partial charge on any atom is 0.251 e. The second-order valence-corrected chi connectivity index (χ2v) is 8.80. The number of carbonyl (C=O) groups is 2. The number of aromatic amines is 1. The fourth-order valence-electron chi connectivity index (χ4n) is 4.59. The van der Waals surface area contributed by atoms with Crippen LogP contribution in [0.15, 0.2) is 48.7 Å². The molecule has 4 N–H and O–H groups in total. The van der Waals surface area contributed by atoms with E-state index in [2.05, 4.69) is 20.6 Å². The zero-order chi connectivity index (χ0) is 25.1. The molecule has 2 amide bonds. The summed E-state index contributed by atoms with van der Waals surface area (Å²) in [5, 5.41) is 18.1. The number of carbonyl (C=O) groups excluding carboxylic acids is 2. The van der Waals surface area contributed by atoms with E-state index in [1.54, 1.807) is 31.5 Å². The van der Waals surface area contributed by atoms with E-state index in [1.807, 2.05) is 24.3 Å². The summed E-state index contributed by atoms with van der Waals surface area (Å²) in [6.07, 6.45) is 4.05. The van der Waals surface area contributed by atoms with Gasteiger partial charge in [-0.05, 0) is 61.2 Å². The molecule has 4 aromatic rings. The highest BCUT2D eigenvalue weighted by Gasteiger charge is 2.24. The molecule has 9 heteroatoms. The number of aromatic nitrogens is 2. The minimum Gasteiger partial charge on any atom is -0.494 e. The van der Waals surface area contributed by atoms with Crippen LogP contribution in [0, 0.1) is 0 Å². The average Bonchev–Trinajstić information content (AvgIpc) is 3.08. The summed E-state index contributed by atoms with van der Waals surface area (Å²) < 4.78 is 10.7. The number of amides is 2. The number of rotatable bonds is 7. The zero-order valence-corrected chi connectivity index (χ0v) is 20.0. The van der Waals surface area contributed by atoms with Gasteiger partial charge in [0, 0.05) is 47.8 Å². The van der Waals surface area contributed by atoms with Gasteiger partial charge < -0.3 is 30.2 Å². The van der Waals surface area contributed by atoms with Crippen molar-refractivity contribution in [1.82, 2.24) is 20.6 Å². The third-order valence-corrected chi connectivity index (χ3v) is 6.42. The monoisotopic (exact) mass is 488 g/mol. The smallest absolute Gasteiger partial charge is 0.251 e. The number of hydrogen-bond acceptors (Lipinski definition) is 6. The molecule has 1 saturated heterocycles. The van der Waals surface area contributed by atoms with Crippen molar-refractivity contribution in [3.8, 4) is 22.8 Å². The Hall–Kier alpha value is -4.11. The van der Waals surface area contributed by atoms with Crippen molar-refractivity contribution in [2.45, 2.75) is 25.3 Å². The first kappa shape index (κ1) is 23.6. The van der Waals surface area contributed by atoms with E-state index in [0.29, 0.717) is 59.5 Å². The van der Waals surface area contributed by atoms with Crippen molar-refractivity contribution in [2.75, 3.05) is 26.9 Å². The number of pyridine rings is 1. The summed E-state index contributed by atoms with van der Waals surface area (Å²) in [6.45, 7) is 1.54. The molecule has 0 radical (unpaired) electrons. The van der Waals surface area contributed by atoms with E-state index in [4.69, 9.17) is 9.47 Å². The molecule has 186 valence electrons. The van der Waals surface area contributed by atoms with Crippen molar-refractivity contribution in [3.63, 3.8) is 0 Å². The number of hydrogen-bond donors (Lipinski definition) is 4. The van der Waals surface area contributed by atoms with Gasteiger partial charge in [-0.1, -0.05) is 0 Å². The quantitative estimate of drug-likeness (QED) is 0.295. The minimum atomic E-state index is -0.556. The summed E-state index contributed by atoms with van der Waals surface area (Å²) in [7, 11) is 1.62. The van der Waals surface area contributed by atoms with Crippen LogP contribution in [0.5, 0.6) is 11.6 Å². The molecule has 1 fully saturated rings. The van der Waals surface area contributed by atoms with Crippen LogP contribution in [-0.4, -0.2) is 59.8 Å². The van der Waals surface area contributed by atoms with Gasteiger partial charge >= 0.3 is 0 Å². The van der Waals surface area contributed by atoms with Crippen molar-refractivity contribution in [1.29, 1.82) is 0 Å². The molecule has 2 aromatic carbocycles. The summed E-state index contributed by atoms with van der Waals surface area (Å²) in [4.78, 5) is 32.8. The molecule has 0 saturated carbocycles. The first-order chi connectivity index (χ1) is 17.5. The number of nitrogens with one attached hydrogen (secondary N) is 3. The van der Waals surface area contributed by atoms with Crippen LogP contribution in [0.25, 0.3) is 32.9 Å². The van der Waals surface area contributed by atoms with Crippen LogP contribution in [0.4, 0.5) is 0 Å². The largest absolute Gasteiger partial charge is 0.494 e. The number of fused-ring (bicyclic) bond motifs is 2. The molecule has 0 bridgehead atoms. The highest BCUT2D eigenvalue weighted by atomic mass is 16.5. The lowest BCUT2D eigenvalue weighted by Crippen LogP contribution is -2.45. The van der Waals surface area contributed by atoms with Gasteiger partial charge in [-0.3, -0.25) is 14.6 Å². The van der Waals surface area contributed by atoms with Crippen LogP contribution in [0.3, 0.4) is 0 Å². The van der Waals surface area contributed by atoms with Gasteiger partial charge in [0.2, 0.25) is 5.91 Å². The number of aromatic hydroxyl groups is 1. The molecule has 36 heavy (non-hydrogen) atoms. The molecule has 0 spiro atoms. The molecule has 0 aliphatic carbocycles. The maximum atomic E-state index is 13.0. The summed E-state index contributed by atoms with van der Waals surface area (Å²) in [6, 6.07) is 12.0. The summed E-state index contributed by atoms with van der Waals surface area (Å²) in [5.41, 5.74) is 3.16. The van der Waals surface area contributed by atoms with Crippen molar-refractivity contribution in [3.05, 3.63) is 54.2 Å².